The molecule has 0 fully saturated rings. The third kappa shape index (κ3) is 3.40. The summed E-state index contributed by atoms with van der Waals surface area (Å²) in [5.41, 5.74) is 1.96. The summed E-state index contributed by atoms with van der Waals surface area (Å²) in [5.74, 6) is -0.252. The number of halogens is 1. The van der Waals surface area contributed by atoms with Gasteiger partial charge in [-0.05, 0) is 36.6 Å². The molecule has 1 aromatic carbocycles. The van der Waals surface area contributed by atoms with Crippen LogP contribution in [0.5, 0.6) is 0 Å². The van der Waals surface area contributed by atoms with E-state index in [2.05, 4.69) is 5.10 Å². The van der Waals surface area contributed by atoms with Crippen LogP contribution in [0.2, 0.25) is 0 Å². The van der Waals surface area contributed by atoms with Crippen LogP contribution in [0.25, 0.3) is 0 Å². The van der Waals surface area contributed by atoms with E-state index in [1.165, 1.54) is 12.1 Å². The van der Waals surface area contributed by atoms with Gasteiger partial charge in [-0.15, -0.1) is 0 Å². The van der Waals surface area contributed by atoms with Crippen LogP contribution in [-0.4, -0.2) is 21.0 Å². The largest absolute Gasteiger partial charge is 0.392 e. The summed E-state index contributed by atoms with van der Waals surface area (Å²) in [4.78, 5) is 0. The lowest BCUT2D eigenvalue weighted by Gasteiger charge is -2.09. The van der Waals surface area contributed by atoms with E-state index in [4.69, 9.17) is 0 Å². The van der Waals surface area contributed by atoms with Crippen LogP contribution < -0.4 is 0 Å². The molecule has 1 N–H and O–H groups in total. The van der Waals surface area contributed by atoms with E-state index in [-0.39, 0.29) is 5.82 Å². The zero-order valence-electron chi connectivity index (χ0n) is 10.4. The summed E-state index contributed by atoms with van der Waals surface area (Å²) in [6.07, 6.45) is 4.34. The number of nitrogens with zero attached hydrogens (tertiary/aromatic N) is 2. The van der Waals surface area contributed by atoms with Gasteiger partial charge in [-0.25, -0.2) is 4.39 Å². The lowest BCUT2D eigenvalue weighted by Crippen LogP contribution is -2.13. The Morgan fingerprint density at radius 1 is 1.22 bits per heavy atom. The van der Waals surface area contributed by atoms with Crippen molar-refractivity contribution in [1.82, 2.24) is 9.78 Å². The Morgan fingerprint density at radius 3 is 2.50 bits per heavy atom. The van der Waals surface area contributed by atoms with Gasteiger partial charge >= 0.3 is 0 Å². The van der Waals surface area contributed by atoms with Crippen LogP contribution in [0.3, 0.4) is 0 Å². The fourth-order valence-electron chi connectivity index (χ4n) is 1.92. The minimum atomic E-state index is -0.468. The highest BCUT2D eigenvalue weighted by Gasteiger charge is 2.08. The van der Waals surface area contributed by atoms with Gasteiger partial charge in [-0.2, -0.15) is 5.10 Å². The fourth-order valence-corrected chi connectivity index (χ4v) is 1.92. The monoisotopic (exact) mass is 248 g/mol. The molecule has 2 rings (SSSR count). The first kappa shape index (κ1) is 12.8. The van der Waals surface area contributed by atoms with E-state index >= 15 is 0 Å². The third-order valence-electron chi connectivity index (χ3n) is 2.87. The number of aromatic nitrogens is 2. The van der Waals surface area contributed by atoms with Crippen molar-refractivity contribution >= 4 is 0 Å². The first-order chi connectivity index (χ1) is 8.67. The van der Waals surface area contributed by atoms with Crippen LogP contribution in [0.15, 0.2) is 36.7 Å². The van der Waals surface area contributed by atoms with Gasteiger partial charge in [0.1, 0.15) is 5.82 Å². The topological polar surface area (TPSA) is 38.0 Å². The maximum atomic E-state index is 12.7. The van der Waals surface area contributed by atoms with E-state index in [9.17, 15) is 9.50 Å². The highest BCUT2D eigenvalue weighted by atomic mass is 19.1. The first-order valence-corrected chi connectivity index (χ1v) is 6.11. The molecule has 1 unspecified atom stereocenters. The maximum Gasteiger partial charge on any atom is 0.123 e. The number of hydrogen-bond acceptors (Lipinski definition) is 2. The van der Waals surface area contributed by atoms with Crippen molar-refractivity contribution in [3.8, 4) is 0 Å². The fraction of sp³-hybridized carbons (Fsp3) is 0.357. The second-order valence-corrected chi connectivity index (χ2v) is 4.39. The van der Waals surface area contributed by atoms with Gasteiger partial charge < -0.3 is 5.11 Å². The van der Waals surface area contributed by atoms with E-state index < -0.39 is 6.10 Å². The van der Waals surface area contributed by atoms with Crippen molar-refractivity contribution < 1.29 is 9.50 Å². The minimum Gasteiger partial charge on any atom is -0.392 e. The molecule has 0 saturated carbocycles. The number of hydrogen-bond donors (Lipinski definition) is 1. The van der Waals surface area contributed by atoms with Crippen LogP contribution in [0.1, 0.15) is 18.1 Å². The van der Waals surface area contributed by atoms with Crippen molar-refractivity contribution in [2.24, 2.45) is 0 Å². The zero-order chi connectivity index (χ0) is 13.0. The van der Waals surface area contributed by atoms with Crippen LogP contribution >= 0.6 is 0 Å². The number of rotatable bonds is 5. The maximum absolute atomic E-state index is 12.7. The lowest BCUT2D eigenvalue weighted by molar-refractivity contribution is 0.175. The molecule has 0 radical (unpaired) electrons. The Balaban J connectivity index is 1.91. The predicted octanol–water partition coefficient (Wildman–Crippen LogP) is 2.19. The van der Waals surface area contributed by atoms with Gasteiger partial charge in [0.15, 0.2) is 0 Å². The van der Waals surface area contributed by atoms with Gasteiger partial charge in [0, 0.05) is 19.2 Å². The molecule has 1 heterocycles. The van der Waals surface area contributed by atoms with E-state index in [1.807, 2.05) is 17.8 Å². The third-order valence-corrected chi connectivity index (χ3v) is 2.87. The Kier molecular flexibility index (Phi) is 4.10. The summed E-state index contributed by atoms with van der Waals surface area (Å²) in [7, 11) is 0. The number of benzene rings is 1. The Hall–Kier alpha value is -1.68. The molecular weight excluding hydrogens is 231 g/mol. The molecule has 1 aromatic heterocycles. The summed E-state index contributed by atoms with van der Waals surface area (Å²) in [5, 5.41) is 14.1. The quantitative estimate of drug-likeness (QED) is 0.880. The summed E-state index contributed by atoms with van der Waals surface area (Å²) in [6, 6.07) is 6.23. The molecule has 0 aliphatic heterocycles. The van der Waals surface area contributed by atoms with Crippen LogP contribution in [-0.2, 0) is 19.4 Å². The number of aliphatic hydroxyl groups is 1. The normalized spacial score (nSPS) is 12.6. The Labute approximate surface area is 106 Å². The van der Waals surface area contributed by atoms with Gasteiger partial charge in [0.25, 0.3) is 0 Å². The molecule has 18 heavy (non-hydrogen) atoms. The number of aliphatic hydroxyl groups excluding tert-OH is 1. The number of aryl methyl sites for hydroxylation is 1. The van der Waals surface area contributed by atoms with Gasteiger partial charge in [-0.3, -0.25) is 4.68 Å². The van der Waals surface area contributed by atoms with E-state index in [1.54, 1.807) is 18.3 Å². The van der Waals surface area contributed by atoms with Gasteiger partial charge in [-0.1, -0.05) is 12.1 Å². The molecule has 0 spiro atoms. The Bertz CT molecular complexity index is 493. The van der Waals surface area contributed by atoms with Crippen molar-refractivity contribution in [3.05, 3.63) is 53.6 Å². The smallest absolute Gasteiger partial charge is 0.123 e. The molecule has 0 saturated heterocycles. The average molecular weight is 248 g/mol. The van der Waals surface area contributed by atoms with E-state index in [0.29, 0.717) is 12.8 Å². The van der Waals surface area contributed by atoms with Crippen molar-refractivity contribution in [2.45, 2.75) is 32.4 Å². The lowest BCUT2D eigenvalue weighted by atomic mass is 10.0. The summed E-state index contributed by atoms with van der Waals surface area (Å²) in [6.45, 7) is 2.85. The molecule has 96 valence electrons. The molecule has 2 aromatic rings. The molecule has 0 bridgehead atoms. The summed E-state index contributed by atoms with van der Waals surface area (Å²) < 4.78 is 14.6. The molecular formula is C14H17FN2O. The van der Waals surface area contributed by atoms with Crippen LogP contribution in [0, 0.1) is 5.82 Å². The molecule has 4 heteroatoms. The van der Waals surface area contributed by atoms with Crippen molar-refractivity contribution in [3.63, 3.8) is 0 Å². The highest BCUT2D eigenvalue weighted by Crippen LogP contribution is 2.09. The van der Waals surface area contributed by atoms with Crippen LogP contribution in [0.4, 0.5) is 4.39 Å². The molecule has 1 atom stereocenters. The summed E-state index contributed by atoms with van der Waals surface area (Å²) >= 11 is 0. The zero-order valence-corrected chi connectivity index (χ0v) is 10.4. The molecule has 3 nitrogen and oxygen atoms in total. The molecule has 0 aliphatic rings. The van der Waals surface area contributed by atoms with Crippen molar-refractivity contribution in [2.75, 3.05) is 0 Å². The Morgan fingerprint density at radius 2 is 1.89 bits per heavy atom. The highest BCUT2D eigenvalue weighted by molar-refractivity contribution is 5.17. The van der Waals surface area contributed by atoms with Crippen molar-refractivity contribution in [1.29, 1.82) is 0 Å². The van der Waals surface area contributed by atoms with Gasteiger partial charge in [0.05, 0.1) is 12.3 Å². The first-order valence-electron chi connectivity index (χ1n) is 6.11. The second kappa shape index (κ2) is 5.78. The van der Waals surface area contributed by atoms with E-state index in [0.717, 1.165) is 17.7 Å². The van der Waals surface area contributed by atoms with Gasteiger partial charge in [0.2, 0.25) is 0 Å². The SMILES string of the molecule is CCn1cc(CC(O)Cc2ccc(F)cc2)cn1. The standard InChI is InChI=1S/C14H17FN2O/c1-2-17-10-12(9-16-17)8-14(18)7-11-3-5-13(15)6-4-11/h3-6,9-10,14,18H,2,7-8H2,1H3. The minimum absolute atomic E-state index is 0.252. The second-order valence-electron chi connectivity index (χ2n) is 4.39. The molecule has 0 amide bonds. The molecule has 0 aliphatic carbocycles. The average Bonchev–Trinajstić information content (AvgIpc) is 2.79. The predicted molar refractivity (Wildman–Crippen MR) is 67.7 cm³/mol.